The van der Waals surface area contributed by atoms with Crippen LogP contribution in [0.1, 0.15) is 18.9 Å². The van der Waals surface area contributed by atoms with Crippen molar-refractivity contribution in [2.75, 3.05) is 26.7 Å². The first-order valence-corrected chi connectivity index (χ1v) is 8.94. The van der Waals surface area contributed by atoms with E-state index in [2.05, 4.69) is 5.32 Å². The van der Waals surface area contributed by atoms with Crippen LogP contribution < -0.4 is 15.8 Å². The Balaban J connectivity index is 1.74. The molecule has 3 N–H and O–H groups in total. The molecule has 1 aromatic rings. The van der Waals surface area contributed by atoms with Crippen LogP contribution in [0.5, 0.6) is 5.75 Å². The zero-order valence-electron chi connectivity index (χ0n) is 16.1. The van der Waals surface area contributed by atoms with Crippen LogP contribution in [-0.2, 0) is 19.9 Å². The van der Waals surface area contributed by atoms with E-state index in [1.54, 1.807) is 31.2 Å². The molecule has 29 heavy (non-hydrogen) atoms. The van der Waals surface area contributed by atoms with Gasteiger partial charge in [-0.25, -0.2) is 4.79 Å². The summed E-state index contributed by atoms with van der Waals surface area (Å²) >= 11 is 0. The molecule has 2 fully saturated rings. The number of nitrogens with zero attached hydrogens (tertiary/aromatic N) is 3. The molecule has 3 rings (SSSR count). The quantitative estimate of drug-likeness (QED) is 0.650. The van der Waals surface area contributed by atoms with Crippen LogP contribution in [0.4, 0.5) is 4.79 Å². The summed E-state index contributed by atoms with van der Waals surface area (Å²) in [6.07, 6.45) is 0.119. The Morgan fingerprint density at radius 1 is 1.31 bits per heavy atom. The predicted octanol–water partition coefficient (Wildman–Crippen LogP) is -0.310. The first-order valence-electron chi connectivity index (χ1n) is 8.94. The summed E-state index contributed by atoms with van der Waals surface area (Å²) in [4.78, 5) is 51.7. The lowest BCUT2D eigenvalue weighted by molar-refractivity contribution is -0.138. The number of likely N-dealkylation sites (tertiary alicyclic amines) is 1. The Labute approximate surface area is 167 Å². The Bertz CT molecular complexity index is 924. The van der Waals surface area contributed by atoms with Crippen molar-refractivity contribution in [3.8, 4) is 11.8 Å². The number of nitriles is 1. The average Bonchev–Trinajstić information content (AvgIpc) is 3.25. The molecule has 10 heteroatoms. The SMILES string of the molecule is COc1ccc(C2(C)NC(=O)N(CC(=O)N3CCC(C#N)(C(N)=O)C3)C2=O)cc1. The monoisotopic (exact) mass is 399 g/mol. The van der Waals surface area contributed by atoms with Gasteiger partial charge in [0, 0.05) is 13.1 Å². The maximum Gasteiger partial charge on any atom is 0.325 e. The van der Waals surface area contributed by atoms with Crippen molar-refractivity contribution in [1.82, 2.24) is 15.1 Å². The number of primary amides is 1. The third-order valence-electron chi connectivity index (χ3n) is 5.54. The molecule has 2 unspecified atom stereocenters. The van der Waals surface area contributed by atoms with E-state index in [0.29, 0.717) is 11.3 Å². The molecule has 0 bridgehead atoms. The van der Waals surface area contributed by atoms with Crippen LogP contribution in [0, 0.1) is 16.7 Å². The number of rotatable bonds is 5. The van der Waals surface area contributed by atoms with E-state index >= 15 is 0 Å². The van der Waals surface area contributed by atoms with E-state index < -0.39 is 41.3 Å². The zero-order chi connectivity index (χ0) is 21.4. The second-order valence-corrected chi connectivity index (χ2v) is 7.30. The van der Waals surface area contributed by atoms with E-state index in [4.69, 9.17) is 10.5 Å². The first kappa shape index (κ1) is 20.1. The van der Waals surface area contributed by atoms with E-state index in [-0.39, 0.29) is 19.5 Å². The summed E-state index contributed by atoms with van der Waals surface area (Å²) in [5.41, 5.74) is 3.08. The Hall–Kier alpha value is -3.61. The second-order valence-electron chi connectivity index (χ2n) is 7.30. The summed E-state index contributed by atoms with van der Waals surface area (Å²) in [5.74, 6) is -1.30. The number of urea groups is 1. The van der Waals surface area contributed by atoms with Crippen molar-refractivity contribution in [1.29, 1.82) is 5.26 Å². The number of hydrogen-bond donors (Lipinski definition) is 2. The van der Waals surface area contributed by atoms with Gasteiger partial charge in [0.25, 0.3) is 5.91 Å². The Morgan fingerprint density at radius 2 is 1.97 bits per heavy atom. The number of imide groups is 1. The number of nitrogens with two attached hydrogens (primary N) is 1. The molecule has 2 saturated heterocycles. The molecule has 0 aromatic heterocycles. The summed E-state index contributed by atoms with van der Waals surface area (Å²) in [5, 5.41) is 11.9. The topological polar surface area (TPSA) is 146 Å². The summed E-state index contributed by atoms with van der Waals surface area (Å²) in [7, 11) is 1.52. The van der Waals surface area contributed by atoms with Gasteiger partial charge in [0.1, 0.15) is 17.8 Å². The van der Waals surface area contributed by atoms with Crippen LogP contribution in [0.2, 0.25) is 0 Å². The molecule has 10 nitrogen and oxygen atoms in total. The van der Waals surface area contributed by atoms with Crippen molar-refractivity contribution >= 4 is 23.8 Å². The standard InChI is InChI=1S/C19H21N5O5/c1-18(12-3-5-13(29-2)6-4-12)16(27)24(17(28)22-18)9-14(25)23-8-7-19(10-20,11-23)15(21)26/h3-6H,7-9,11H2,1-2H3,(H2,21,26)(H,22,28). The summed E-state index contributed by atoms with van der Waals surface area (Å²) in [6, 6.07) is 7.85. The molecule has 2 heterocycles. The number of carbonyl (C=O) groups is 4. The number of ether oxygens (including phenoxy) is 1. The van der Waals surface area contributed by atoms with Gasteiger partial charge in [0.15, 0.2) is 5.41 Å². The van der Waals surface area contributed by atoms with Gasteiger partial charge in [-0.05, 0) is 31.0 Å². The minimum Gasteiger partial charge on any atom is -0.497 e. The molecular formula is C19H21N5O5. The summed E-state index contributed by atoms with van der Waals surface area (Å²) < 4.78 is 5.10. The minimum absolute atomic E-state index is 0.119. The molecule has 1 aromatic carbocycles. The fourth-order valence-electron chi connectivity index (χ4n) is 3.57. The van der Waals surface area contributed by atoms with Crippen LogP contribution >= 0.6 is 0 Å². The van der Waals surface area contributed by atoms with Gasteiger partial charge in [0.2, 0.25) is 11.8 Å². The van der Waals surface area contributed by atoms with Crippen LogP contribution in [0.25, 0.3) is 0 Å². The number of benzene rings is 1. The van der Waals surface area contributed by atoms with Gasteiger partial charge < -0.3 is 20.7 Å². The fourth-order valence-corrected chi connectivity index (χ4v) is 3.57. The summed E-state index contributed by atoms with van der Waals surface area (Å²) in [6.45, 7) is 1.06. The molecular weight excluding hydrogens is 378 g/mol. The van der Waals surface area contributed by atoms with Gasteiger partial charge in [-0.2, -0.15) is 5.26 Å². The molecule has 5 amide bonds. The Morgan fingerprint density at radius 3 is 2.48 bits per heavy atom. The molecule has 0 aliphatic carbocycles. The highest BCUT2D eigenvalue weighted by Gasteiger charge is 2.51. The number of methoxy groups -OCH3 is 1. The third-order valence-corrected chi connectivity index (χ3v) is 5.54. The highest BCUT2D eigenvalue weighted by molar-refractivity contribution is 6.09. The Kier molecular flexibility index (Phi) is 4.92. The molecule has 152 valence electrons. The van der Waals surface area contributed by atoms with Gasteiger partial charge in [-0.3, -0.25) is 19.3 Å². The highest BCUT2D eigenvalue weighted by atomic mass is 16.5. The normalized spacial score (nSPS) is 26.2. The minimum atomic E-state index is -1.44. The van der Waals surface area contributed by atoms with Crippen molar-refractivity contribution in [2.24, 2.45) is 11.1 Å². The predicted molar refractivity (Wildman–Crippen MR) is 99.0 cm³/mol. The molecule has 0 radical (unpaired) electrons. The maximum atomic E-state index is 12.9. The van der Waals surface area contributed by atoms with Gasteiger partial charge in [0.05, 0.1) is 13.2 Å². The lowest BCUT2D eigenvalue weighted by atomic mass is 9.88. The van der Waals surface area contributed by atoms with Crippen molar-refractivity contribution in [3.63, 3.8) is 0 Å². The van der Waals surface area contributed by atoms with Crippen molar-refractivity contribution in [3.05, 3.63) is 29.8 Å². The fraction of sp³-hybridized carbons (Fsp3) is 0.421. The van der Waals surface area contributed by atoms with Gasteiger partial charge >= 0.3 is 6.03 Å². The second kappa shape index (κ2) is 7.09. The third kappa shape index (κ3) is 3.24. The lowest BCUT2D eigenvalue weighted by Crippen LogP contribution is -2.45. The first-order chi connectivity index (χ1) is 13.7. The molecule has 2 aliphatic rings. The molecule has 2 aliphatic heterocycles. The smallest absolute Gasteiger partial charge is 0.325 e. The number of carbonyl (C=O) groups excluding carboxylic acids is 4. The largest absolute Gasteiger partial charge is 0.497 e. The number of nitrogens with one attached hydrogen (secondary N) is 1. The maximum absolute atomic E-state index is 12.9. The van der Waals surface area contributed by atoms with Crippen molar-refractivity contribution in [2.45, 2.75) is 18.9 Å². The molecule has 2 atom stereocenters. The van der Waals surface area contributed by atoms with E-state index in [1.165, 1.54) is 12.0 Å². The lowest BCUT2D eigenvalue weighted by Gasteiger charge is -2.23. The van der Waals surface area contributed by atoms with E-state index in [1.807, 2.05) is 6.07 Å². The van der Waals surface area contributed by atoms with Gasteiger partial charge in [-0.15, -0.1) is 0 Å². The molecule has 0 saturated carbocycles. The van der Waals surface area contributed by atoms with Crippen LogP contribution in [0.15, 0.2) is 24.3 Å². The average molecular weight is 399 g/mol. The highest BCUT2D eigenvalue weighted by Crippen LogP contribution is 2.32. The number of amides is 5. The van der Waals surface area contributed by atoms with Gasteiger partial charge in [-0.1, -0.05) is 12.1 Å². The van der Waals surface area contributed by atoms with E-state index in [0.717, 1.165) is 4.90 Å². The van der Waals surface area contributed by atoms with Crippen LogP contribution in [-0.4, -0.2) is 60.3 Å². The molecule has 0 spiro atoms. The van der Waals surface area contributed by atoms with Crippen LogP contribution in [0.3, 0.4) is 0 Å². The number of hydrogen-bond acceptors (Lipinski definition) is 6. The zero-order valence-corrected chi connectivity index (χ0v) is 16.1. The van der Waals surface area contributed by atoms with E-state index in [9.17, 15) is 24.4 Å². The van der Waals surface area contributed by atoms with Crippen molar-refractivity contribution < 1.29 is 23.9 Å².